The summed E-state index contributed by atoms with van der Waals surface area (Å²) in [6.07, 6.45) is 0. The highest BCUT2D eigenvalue weighted by atomic mass is 16.4. The molecule has 19 heavy (non-hydrogen) atoms. The molecule has 0 spiro atoms. The molecule has 0 atom stereocenters. The van der Waals surface area contributed by atoms with Crippen molar-refractivity contribution in [2.24, 2.45) is 0 Å². The number of pyridine rings is 1. The van der Waals surface area contributed by atoms with Crippen LogP contribution in [0.25, 0.3) is 11.5 Å². The number of aromatic carboxylic acids is 1. The largest absolute Gasteiger partial charge is 0.478 e. The maximum Gasteiger partial charge on any atom is 0.337 e. The van der Waals surface area contributed by atoms with Gasteiger partial charge in [-0.25, -0.2) is 9.78 Å². The molecule has 0 fully saturated rings. The van der Waals surface area contributed by atoms with Crippen molar-refractivity contribution < 1.29 is 14.3 Å². The van der Waals surface area contributed by atoms with E-state index in [0.717, 1.165) is 5.76 Å². The topological polar surface area (TPSA) is 63.3 Å². The number of carboxylic acid groups (broad SMARTS) is 1. The lowest BCUT2D eigenvalue weighted by molar-refractivity contribution is 0.0693. The first kappa shape index (κ1) is 13.3. The summed E-state index contributed by atoms with van der Waals surface area (Å²) in [7, 11) is 0. The van der Waals surface area contributed by atoms with Gasteiger partial charge in [-0.1, -0.05) is 20.8 Å². The average molecular weight is 259 g/mol. The van der Waals surface area contributed by atoms with Crippen LogP contribution in [0.4, 0.5) is 0 Å². The van der Waals surface area contributed by atoms with Crippen molar-refractivity contribution in [3.8, 4) is 11.5 Å². The second-order valence-corrected chi connectivity index (χ2v) is 5.56. The molecular weight excluding hydrogens is 242 g/mol. The van der Waals surface area contributed by atoms with Gasteiger partial charge in [-0.3, -0.25) is 0 Å². The molecule has 4 heteroatoms. The molecule has 0 aromatic carbocycles. The molecule has 2 aromatic rings. The Balaban J connectivity index is 2.59. The lowest BCUT2D eigenvalue weighted by Crippen LogP contribution is -2.19. The summed E-state index contributed by atoms with van der Waals surface area (Å²) in [6, 6.07) is 6.96. The van der Waals surface area contributed by atoms with Gasteiger partial charge in [-0.2, -0.15) is 0 Å². The number of furan rings is 1. The van der Waals surface area contributed by atoms with Gasteiger partial charge in [0.1, 0.15) is 11.5 Å². The summed E-state index contributed by atoms with van der Waals surface area (Å²) in [4.78, 5) is 15.7. The normalized spacial score (nSPS) is 11.6. The number of hydrogen-bond donors (Lipinski definition) is 1. The maximum atomic E-state index is 11.3. The Morgan fingerprint density at radius 2 is 1.89 bits per heavy atom. The van der Waals surface area contributed by atoms with Gasteiger partial charge in [0.25, 0.3) is 0 Å². The van der Waals surface area contributed by atoms with E-state index in [0.29, 0.717) is 17.1 Å². The third-order valence-corrected chi connectivity index (χ3v) is 2.83. The molecule has 2 rings (SSSR count). The lowest BCUT2D eigenvalue weighted by Gasteiger charge is -2.20. The van der Waals surface area contributed by atoms with E-state index in [9.17, 15) is 9.90 Å². The van der Waals surface area contributed by atoms with E-state index in [1.165, 1.54) is 0 Å². The lowest BCUT2D eigenvalue weighted by atomic mass is 9.88. The van der Waals surface area contributed by atoms with Crippen LogP contribution < -0.4 is 0 Å². The van der Waals surface area contributed by atoms with Crippen molar-refractivity contribution in [3.05, 3.63) is 41.3 Å². The van der Waals surface area contributed by atoms with Gasteiger partial charge in [0.15, 0.2) is 5.76 Å². The molecule has 0 saturated heterocycles. The molecule has 0 aliphatic heterocycles. The maximum absolute atomic E-state index is 11.3. The van der Waals surface area contributed by atoms with Gasteiger partial charge >= 0.3 is 5.97 Å². The molecule has 4 nitrogen and oxygen atoms in total. The summed E-state index contributed by atoms with van der Waals surface area (Å²) in [5, 5.41) is 9.23. The smallest absolute Gasteiger partial charge is 0.337 e. The molecule has 0 unspecified atom stereocenters. The highest BCUT2D eigenvalue weighted by molar-refractivity contribution is 5.89. The fourth-order valence-electron chi connectivity index (χ4n) is 1.91. The Hall–Kier alpha value is -2.10. The molecule has 0 radical (unpaired) electrons. The third kappa shape index (κ3) is 2.67. The van der Waals surface area contributed by atoms with Gasteiger partial charge in [-0.05, 0) is 31.2 Å². The number of aromatic nitrogens is 1. The molecule has 0 aliphatic carbocycles. The zero-order valence-electron chi connectivity index (χ0n) is 11.5. The molecule has 0 amide bonds. The first-order valence-corrected chi connectivity index (χ1v) is 6.10. The number of hydrogen-bond acceptors (Lipinski definition) is 3. The molecule has 2 aromatic heterocycles. The van der Waals surface area contributed by atoms with Crippen molar-refractivity contribution in [2.45, 2.75) is 33.1 Å². The summed E-state index contributed by atoms with van der Waals surface area (Å²) in [5.41, 5.74) is 1.11. The predicted octanol–water partition coefficient (Wildman–Crippen LogP) is 3.65. The van der Waals surface area contributed by atoms with Gasteiger partial charge in [0.05, 0.1) is 11.3 Å². The first-order valence-electron chi connectivity index (χ1n) is 6.10. The quantitative estimate of drug-likeness (QED) is 0.894. The Bertz CT molecular complexity index is 621. The molecule has 2 heterocycles. The van der Waals surface area contributed by atoms with Crippen LogP contribution in [-0.4, -0.2) is 16.1 Å². The van der Waals surface area contributed by atoms with Gasteiger partial charge in [0.2, 0.25) is 0 Å². The Kier molecular flexibility index (Phi) is 3.18. The fourth-order valence-corrected chi connectivity index (χ4v) is 1.91. The van der Waals surface area contributed by atoms with E-state index < -0.39 is 5.97 Å². The fraction of sp³-hybridized carbons (Fsp3) is 0.333. The monoisotopic (exact) mass is 259 g/mol. The average Bonchev–Trinajstić information content (AvgIpc) is 2.74. The number of nitrogens with zero attached hydrogens (tertiary/aromatic N) is 1. The standard InChI is InChI=1S/C15H17NO3/c1-9-5-8-12(19-9)11-7-6-10(14(17)18)13(16-11)15(2,3)4/h5-8H,1-4H3,(H,17,18). The second-order valence-electron chi connectivity index (χ2n) is 5.56. The van der Waals surface area contributed by atoms with Crippen LogP contribution in [0.15, 0.2) is 28.7 Å². The second kappa shape index (κ2) is 4.53. The van der Waals surface area contributed by atoms with Gasteiger partial charge in [-0.15, -0.1) is 0 Å². The van der Waals surface area contributed by atoms with Crippen LogP contribution in [0.2, 0.25) is 0 Å². The zero-order chi connectivity index (χ0) is 14.2. The Morgan fingerprint density at radius 3 is 2.37 bits per heavy atom. The van der Waals surface area contributed by atoms with Crippen LogP contribution in [0, 0.1) is 6.92 Å². The van der Waals surface area contributed by atoms with E-state index in [2.05, 4.69) is 4.98 Å². The Morgan fingerprint density at radius 1 is 1.21 bits per heavy atom. The Labute approximate surface area is 112 Å². The zero-order valence-corrected chi connectivity index (χ0v) is 11.5. The van der Waals surface area contributed by atoms with E-state index in [-0.39, 0.29) is 11.0 Å². The van der Waals surface area contributed by atoms with Crippen LogP contribution in [0.5, 0.6) is 0 Å². The number of carbonyl (C=O) groups is 1. The molecule has 0 aliphatic rings. The molecular formula is C15H17NO3. The summed E-state index contributed by atoms with van der Waals surface area (Å²) < 4.78 is 5.53. The summed E-state index contributed by atoms with van der Waals surface area (Å²) in [5.74, 6) is 0.496. The SMILES string of the molecule is Cc1ccc(-c2ccc(C(=O)O)c(C(C)(C)C)n2)o1. The van der Waals surface area contributed by atoms with Crippen LogP contribution >= 0.6 is 0 Å². The summed E-state index contributed by atoms with van der Waals surface area (Å²) >= 11 is 0. The molecule has 0 bridgehead atoms. The molecule has 0 saturated carbocycles. The van der Waals surface area contributed by atoms with Gasteiger partial charge in [0, 0.05) is 5.41 Å². The van der Waals surface area contributed by atoms with E-state index in [1.54, 1.807) is 12.1 Å². The number of rotatable bonds is 2. The number of carboxylic acids is 1. The minimum absolute atomic E-state index is 0.236. The molecule has 100 valence electrons. The van der Waals surface area contributed by atoms with Crippen molar-refractivity contribution in [3.63, 3.8) is 0 Å². The van der Waals surface area contributed by atoms with E-state index in [1.807, 2.05) is 39.8 Å². The van der Waals surface area contributed by atoms with Crippen LogP contribution in [0.1, 0.15) is 42.6 Å². The van der Waals surface area contributed by atoms with Crippen LogP contribution in [0.3, 0.4) is 0 Å². The van der Waals surface area contributed by atoms with Crippen LogP contribution in [-0.2, 0) is 5.41 Å². The summed E-state index contributed by atoms with van der Waals surface area (Å²) in [6.45, 7) is 7.69. The van der Waals surface area contributed by atoms with Crippen molar-refractivity contribution in [2.75, 3.05) is 0 Å². The minimum Gasteiger partial charge on any atom is -0.478 e. The number of aryl methyl sites for hydroxylation is 1. The first-order chi connectivity index (χ1) is 8.79. The van der Waals surface area contributed by atoms with Gasteiger partial charge < -0.3 is 9.52 Å². The predicted molar refractivity (Wildman–Crippen MR) is 72.3 cm³/mol. The van der Waals surface area contributed by atoms with Crippen molar-refractivity contribution in [1.82, 2.24) is 4.98 Å². The highest BCUT2D eigenvalue weighted by Crippen LogP contribution is 2.28. The van der Waals surface area contributed by atoms with Crippen molar-refractivity contribution >= 4 is 5.97 Å². The minimum atomic E-state index is -0.959. The third-order valence-electron chi connectivity index (χ3n) is 2.83. The van der Waals surface area contributed by atoms with Crippen molar-refractivity contribution in [1.29, 1.82) is 0 Å². The molecule has 1 N–H and O–H groups in total. The van der Waals surface area contributed by atoms with E-state index in [4.69, 9.17) is 4.42 Å². The van der Waals surface area contributed by atoms with E-state index >= 15 is 0 Å². The highest BCUT2D eigenvalue weighted by Gasteiger charge is 2.24.